The molecule has 1 atom stereocenters. The number of carbonyl (C=O) groups excluding carboxylic acids is 1. The molecule has 4 N–H and O–H groups in total. The molecule has 3 aromatic rings. The quantitative estimate of drug-likeness (QED) is 0.479. The number of methoxy groups -OCH3 is 1. The van der Waals surface area contributed by atoms with E-state index in [0.29, 0.717) is 30.2 Å². The molecule has 180 valence electrons. The van der Waals surface area contributed by atoms with Gasteiger partial charge in [0.2, 0.25) is 11.9 Å². The highest BCUT2D eigenvalue weighted by molar-refractivity contribution is 5.94. The molecule has 0 bridgehead atoms. The third-order valence-electron chi connectivity index (χ3n) is 5.63. The number of fused-ring (bicyclic) bond motifs is 1. The van der Waals surface area contributed by atoms with Crippen LogP contribution in [0.3, 0.4) is 0 Å². The van der Waals surface area contributed by atoms with E-state index in [0.717, 1.165) is 24.3 Å². The number of halogens is 3. The minimum absolute atomic E-state index is 0.0373. The van der Waals surface area contributed by atoms with Crippen LogP contribution in [0.1, 0.15) is 25.3 Å². The van der Waals surface area contributed by atoms with E-state index in [1.165, 1.54) is 26.2 Å². The molecule has 0 saturated carbocycles. The van der Waals surface area contributed by atoms with Crippen LogP contribution in [0, 0.1) is 0 Å². The van der Waals surface area contributed by atoms with E-state index in [4.69, 9.17) is 10.5 Å². The number of nitrogens with zero attached hydrogens (tertiary/aromatic N) is 3. The van der Waals surface area contributed by atoms with Gasteiger partial charge in [0.1, 0.15) is 17.1 Å². The molecule has 1 unspecified atom stereocenters. The lowest BCUT2D eigenvalue weighted by Crippen LogP contribution is -2.47. The van der Waals surface area contributed by atoms with Crippen LogP contribution in [-0.2, 0) is 11.0 Å². The number of benzene rings is 2. The molecule has 0 spiro atoms. The Hall–Kier alpha value is -3.76. The molecule has 11 heteroatoms. The van der Waals surface area contributed by atoms with Crippen molar-refractivity contribution in [2.24, 2.45) is 0 Å². The van der Waals surface area contributed by atoms with Gasteiger partial charge in [-0.15, -0.1) is 0 Å². The van der Waals surface area contributed by atoms with Gasteiger partial charge in [0.05, 0.1) is 12.7 Å². The number of hydrogen-bond acceptors (Lipinski definition) is 7. The van der Waals surface area contributed by atoms with Gasteiger partial charge in [-0.1, -0.05) is 6.07 Å². The third-order valence-corrected chi connectivity index (χ3v) is 5.63. The average molecular weight is 474 g/mol. The predicted molar refractivity (Wildman–Crippen MR) is 124 cm³/mol. The molecular weight excluding hydrogens is 449 g/mol. The fourth-order valence-corrected chi connectivity index (χ4v) is 4.15. The van der Waals surface area contributed by atoms with Crippen LogP contribution >= 0.6 is 0 Å². The SMILES string of the molecule is COc1cccc2c(N3CCCC(NC(C)=O)C3)nc(Nc3ccc(N)c(C(F)(F)F)c3)nc12. The largest absolute Gasteiger partial charge is 0.494 e. The molecule has 1 aromatic heterocycles. The van der Waals surface area contributed by atoms with Crippen LogP contribution in [0.5, 0.6) is 5.75 Å². The van der Waals surface area contributed by atoms with Crippen LogP contribution in [0.15, 0.2) is 36.4 Å². The van der Waals surface area contributed by atoms with Crippen LogP contribution in [0.2, 0.25) is 0 Å². The molecule has 8 nitrogen and oxygen atoms in total. The van der Waals surface area contributed by atoms with Gasteiger partial charge in [0.15, 0.2) is 0 Å². The topological polar surface area (TPSA) is 105 Å². The second-order valence-electron chi connectivity index (χ2n) is 8.14. The third kappa shape index (κ3) is 4.92. The predicted octanol–water partition coefficient (Wildman–Crippen LogP) is 4.09. The first-order valence-electron chi connectivity index (χ1n) is 10.8. The first-order chi connectivity index (χ1) is 16.2. The number of nitrogens with one attached hydrogen (secondary N) is 2. The summed E-state index contributed by atoms with van der Waals surface area (Å²) in [5, 5.41) is 6.57. The maximum atomic E-state index is 13.3. The Kier molecular flexibility index (Phi) is 6.36. The highest BCUT2D eigenvalue weighted by atomic mass is 19.4. The summed E-state index contributed by atoms with van der Waals surface area (Å²) in [4.78, 5) is 22.8. The first kappa shape index (κ1) is 23.4. The summed E-state index contributed by atoms with van der Waals surface area (Å²) < 4.78 is 45.4. The van der Waals surface area contributed by atoms with Crippen molar-refractivity contribution < 1.29 is 22.7 Å². The Labute approximate surface area is 194 Å². The normalized spacial score (nSPS) is 16.4. The molecule has 1 saturated heterocycles. The lowest BCUT2D eigenvalue weighted by molar-refractivity contribution is -0.136. The highest BCUT2D eigenvalue weighted by Gasteiger charge is 2.33. The minimum Gasteiger partial charge on any atom is -0.494 e. The standard InChI is InChI=1S/C23H25F3N6O2/c1-13(33)28-15-5-4-10-32(12-15)21-16-6-3-7-19(34-2)20(16)30-22(31-21)29-14-8-9-18(27)17(11-14)23(24,25)26/h3,6-9,11,15H,4-5,10,12,27H2,1-2H3,(H,28,33)(H,29,30,31). The number of nitrogens with two attached hydrogens (primary N) is 1. The van der Waals surface area contributed by atoms with E-state index >= 15 is 0 Å². The van der Waals surface area contributed by atoms with Gasteiger partial charge < -0.3 is 26.0 Å². The molecule has 1 aliphatic heterocycles. The number of piperidine rings is 1. The van der Waals surface area contributed by atoms with Crippen LogP contribution in [0.25, 0.3) is 10.9 Å². The number of rotatable bonds is 5. The van der Waals surface area contributed by atoms with Crippen LogP contribution < -0.4 is 26.0 Å². The number of alkyl halides is 3. The molecule has 2 aromatic carbocycles. The van der Waals surface area contributed by atoms with Crippen molar-refractivity contribution in [3.05, 3.63) is 42.0 Å². The van der Waals surface area contributed by atoms with Crippen molar-refractivity contribution >= 4 is 40.0 Å². The average Bonchev–Trinajstić information content (AvgIpc) is 2.78. The summed E-state index contributed by atoms with van der Waals surface area (Å²) in [6.07, 6.45) is -2.90. The molecule has 0 radical (unpaired) electrons. The fourth-order valence-electron chi connectivity index (χ4n) is 4.15. The number of amides is 1. The van der Waals surface area contributed by atoms with E-state index in [1.807, 2.05) is 17.0 Å². The summed E-state index contributed by atoms with van der Waals surface area (Å²) in [5.74, 6) is 1.12. The van der Waals surface area contributed by atoms with Gasteiger partial charge in [-0.2, -0.15) is 18.2 Å². The van der Waals surface area contributed by atoms with Crippen molar-refractivity contribution in [1.82, 2.24) is 15.3 Å². The van der Waals surface area contributed by atoms with E-state index in [-0.39, 0.29) is 29.3 Å². The summed E-state index contributed by atoms with van der Waals surface area (Å²) in [5.41, 5.74) is 4.88. The Morgan fingerprint density at radius 1 is 1.24 bits per heavy atom. The van der Waals surface area contributed by atoms with Gasteiger partial charge in [-0.3, -0.25) is 4.79 Å². The number of nitrogen functional groups attached to an aromatic ring is 1. The summed E-state index contributed by atoms with van der Waals surface area (Å²) in [6, 6.07) is 8.97. The molecule has 0 aliphatic carbocycles. The summed E-state index contributed by atoms with van der Waals surface area (Å²) in [7, 11) is 1.52. The Morgan fingerprint density at radius 2 is 2.03 bits per heavy atom. The molecule has 1 aliphatic rings. The maximum absolute atomic E-state index is 13.3. The number of para-hydroxylation sites is 1. The first-order valence-corrected chi connectivity index (χ1v) is 10.8. The Morgan fingerprint density at radius 3 is 2.74 bits per heavy atom. The second-order valence-corrected chi connectivity index (χ2v) is 8.14. The summed E-state index contributed by atoms with van der Waals surface area (Å²) >= 11 is 0. The van der Waals surface area contributed by atoms with Gasteiger partial charge in [-0.25, -0.2) is 4.98 Å². The zero-order valence-corrected chi connectivity index (χ0v) is 18.7. The van der Waals surface area contributed by atoms with Gasteiger partial charge in [0, 0.05) is 42.8 Å². The highest BCUT2D eigenvalue weighted by Crippen LogP contribution is 2.37. The second kappa shape index (κ2) is 9.24. The zero-order chi connectivity index (χ0) is 24.5. The van der Waals surface area contributed by atoms with Gasteiger partial charge in [0.25, 0.3) is 0 Å². The Bertz CT molecular complexity index is 1220. The number of aromatic nitrogens is 2. The minimum atomic E-state index is -4.59. The van der Waals surface area contributed by atoms with E-state index in [1.54, 1.807) is 6.07 Å². The van der Waals surface area contributed by atoms with Gasteiger partial charge >= 0.3 is 6.18 Å². The molecule has 34 heavy (non-hydrogen) atoms. The van der Waals surface area contributed by atoms with Crippen molar-refractivity contribution in [1.29, 1.82) is 0 Å². The lowest BCUT2D eigenvalue weighted by Gasteiger charge is -2.34. The maximum Gasteiger partial charge on any atom is 0.418 e. The van der Waals surface area contributed by atoms with E-state index < -0.39 is 11.7 Å². The number of ether oxygens (including phenoxy) is 1. The molecule has 1 fully saturated rings. The van der Waals surface area contributed by atoms with Gasteiger partial charge in [-0.05, 0) is 43.2 Å². The van der Waals surface area contributed by atoms with Crippen LogP contribution in [-0.4, -0.2) is 42.1 Å². The monoisotopic (exact) mass is 474 g/mol. The zero-order valence-electron chi connectivity index (χ0n) is 18.7. The molecule has 2 heterocycles. The molecular formula is C23H25F3N6O2. The lowest BCUT2D eigenvalue weighted by atomic mass is 10.0. The number of carbonyl (C=O) groups is 1. The molecule has 1 amide bonds. The van der Waals surface area contributed by atoms with E-state index in [2.05, 4.69) is 20.6 Å². The van der Waals surface area contributed by atoms with Crippen molar-refractivity contribution in [2.45, 2.75) is 32.0 Å². The van der Waals surface area contributed by atoms with Crippen molar-refractivity contribution in [2.75, 3.05) is 36.1 Å². The van der Waals surface area contributed by atoms with Crippen molar-refractivity contribution in [3.8, 4) is 5.75 Å². The molecule has 4 rings (SSSR count). The smallest absolute Gasteiger partial charge is 0.418 e. The summed E-state index contributed by atoms with van der Waals surface area (Å²) in [6.45, 7) is 2.73. The fraction of sp³-hybridized carbons (Fsp3) is 0.348. The number of hydrogen-bond donors (Lipinski definition) is 3. The van der Waals surface area contributed by atoms with E-state index in [9.17, 15) is 18.0 Å². The van der Waals surface area contributed by atoms with Crippen LogP contribution in [0.4, 0.5) is 36.3 Å². The number of anilines is 4. The Balaban J connectivity index is 1.76. The van der Waals surface area contributed by atoms with Crippen molar-refractivity contribution in [3.63, 3.8) is 0 Å².